The van der Waals surface area contributed by atoms with Crippen LogP contribution in [0.4, 0.5) is 0 Å². The van der Waals surface area contributed by atoms with E-state index in [2.05, 4.69) is 10.5 Å². The molecule has 1 amide bonds. The first-order valence-corrected chi connectivity index (χ1v) is 7.89. The summed E-state index contributed by atoms with van der Waals surface area (Å²) in [6.45, 7) is 4.12. The Morgan fingerprint density at radius 2 is 2.18 bits per heavy atom. The zero-order valence-corrected chi connectivity index (χ0v) is 13.8. The Kier molecular flexibility index (Phi) is 4.15. The van der Waals surface area contributed by atoms with Crippen LogP contribution in [0.3, 0.4) is 0 Å². The molecule has 4 nitrogen and oxygen atoms in total. The van der Waals surface area contributed by atoms with Gasteiger partial charge in [-0.1, -0.05) is 34.4 Å². The van der Waals surface area contributed by atoms with Crippen LogP contribution >= 0.6 is 23.2 Å². The standard InChI is InChI=1S/C16H16Cl2N2O2/c1-8-15(9(2)22-20-8)16(21)19-7-10-5-13(10)12-4-3-11(17)6-14(12)18/h3-4,6,10,13H,5,7H2,1-2H3,(H,19,21)/t10-,13+/m0/s1. The van der Waals surface area contributed by atoms with Gasteiger partial charge in [0.1, 0.15) is 11.3 Å². The number of nitrogens with zero attached hydrogens (tertiary/aromatic N) is 1. The van der Waals surface area contributed by atoms with Crippen molar-refractivity contribution in [2.24, 2.45) is 5.92 Å². The molecule has 1 fully saturated rings. The van der Waals surface area contributed by atoms with E-state index >= 15 is 0 Å². The Morgan fingerprint density at radius 3 is 2.82 bits per heavy atom. The molecule has 1 saturated carbocycles. The fourth-order valence-corrected chi connectivity index (χ4v) is 3.32. The maximum Gasteiger partial charge on any atom is 0.256 e. The van der Waals surface area contributed by atoms with E-state index in [-0.39, 0.29) is 5.91 Å². The topological polar surface area (TPSA) is 55.1 Å². The molecule has 0 radical (unpaired) electrons. The summed E-state index contributed by atoms with van der Waals surface area (Å²) >= 11 is 12.1. The lowest BCUT2D eigenvalue weighted by atomic mass is 10.1. The first-order chi connectivity index (χ1) is 10.5. The molecule has 0 bridgehead atoms. The fraction of sp³-hybridized carbons (Fsp3) is 0.375. The molecular weight excluding hydrogens is 323 g/mol. The van der Waals surface area contributed by atoms with E-state index in [0.717, 1.165) is 12.0 Å². The van der Waals surface area contributed by atoms with Crippen LogP contribution in [0.2, 0.25) is 10.0 Å². The van der Waals surface area contributed by atoms with E-state index < -0.39 is 0 Å². The van der Waals surface area contributed by atoms with E-state index in [1.54, 1.807) is 19.9 Å². The number of aryl methyl sites for hydroxylation is 2. The summed E-state index contributed by atoms with van der Waals surface area (Å²) in [4.78, 5) is 12.2. The Balaban J connectivity index is 1.59. The van der Waals surface area contributed by atoms with Crippen molar-refractivity contribution < 1.29 is 9.32 Å². The van der Waals surface area contributed by atoms with Crippen LogP contribution in [0, 0.1) is 19.8 Å². The van der Waals surface area contributed by atoms with Crippen LogP contribution < -0.4 is 5.32 Å². The number of amides is 1. The summed E-state index contributed by atoms with van der Waals surface area (Å²) in [5, 5.41) is 8.08. The SMILES string of the molecule is Cc1noc(C)c1C(=O)NC[C@@H]1C[C@H]1c1ccc(Cl)cc1Cl. The summed E-state index contributed by atoms with van der Waals surface area (Å²) in [7, 11) is 0. The van der Waals surface area contributed by atoms with E-state index in [0.29, 0.717) is 45.4 Å². The number of aromatic nitrogens is 1. The van der Waals surface area contributed by atoms with Crippen molar-refractivity contribution in [1.29, 1.82) is 0 Å². The Bertz CT molecular complexity index is 707. The molecule has 2 aromatic rings. The number of halogens is 2. The highest BCUT2D eigenvalue weighted by Gasteiger charge is 2.39. The van der Waals surface area contributed by atoms with Gasteiger partial charge in [-0.25, -0.2) is 0 Å². The zero-order chi connectivity index (χ0) is 15.9. The molecule has 1 heterocycles. The molecule has 0 unspecified atom stereocenters. The van der Waals surface area contributed by atoms with Crippen molar-refractivity contribution in [1.82, 2.24) is 10.5 Å². The van der Waals surface area contributed by atoms with Crippen molar-refractivity contribution in [2.75, 3.05) is 6.54 Å². The monoisotopic (exact) mass is 338 g/mol. The first kappa shape index (κ1) is 15.4. The third-order valence-corrected chi connectivity index (χ3v) is 4.63. The summed E-state index contributed by atoms with van der Waals surface area (Å²) in [5.41, 5.74) is 2.24. The second kappa shape index (κ2) is 5.94. The smallest absolute Gasteiger partial charge is 0.256 e. The average Bonchev–Trinajstić information content (AvgIpc) is 3.14. The summed E-state index contributed by atoms with van der Waals surface area (Å²) in [6, 6.07) is 5.57. The molecule has 1 aromatic heterocycles. The second-order valence-corrected chi connectivity index (χ2v) is 6.52. The fourth-order valence-electron chi connectivity index (χ4n) is 2.78. The van der Waals surface area contributed by atoms with Gasteiger partial charge in [-0.2, -0.15) is 0 Å². The minimum atomic E-state index is -0.135. The molecule has 1 aromatic carbocycles. The molecule has 1 N–H and O–H groups in total. The van der Waals surface area contributed by atoms with E-state index in [1.165, 1.54) is 0 Å². The van der Waals surface area contributed by atoms with E-state index in [1.807, 2.05) is 12.1 Å². The molecule has 22 heavy (non-hydrogen) atoms. The van der Waals surface area contributed by atoms with Crippen LogP contribution in [0.15, 0.2) is 22.7 Å². The molecule has 0 saturated heterocycles. The molecule has 2 atom stereocenters. The van der Waals surface area contributed by atoms with Crippen LogP contribution in [0.25, 0.3) is 0 Å². The van der Waals surface area contributed by atoms with Gasteiger partial charge in [0.2, 0.25) is 0 Å². The lowest BCUT2D eigenvalue weighted by Gasteiger charge is -2.06. The van der Waals surface area contributed by atoms with Crippen LogP contribution in [0.1, 0.15) is 39.7 Å². The van der Waals surface area contributed by atoms with Crippen molar-refractivity contribution in [3.8, 4) is 0 Å². The first-order valence-electron chi connectivity index (χ1n) is 7.13. The van der Waals surface area contributed by atoms with Gasteiger partial charge in [0.05, 0.1) is 5.69 Å². The van der Waals surface area contributed by atoms with Gasteiger partial charge in [-0.05, 0) is 49.8 Å². The van der Waals surface area contributed by atoms with Gasteiger partial charge in [0.15, 0.2) is 0 Å². The summed E-state index contributed by atoms with van der Waals surface area (Å²) in [6.07, 6.45) is 1.02. The maximum absolute atomic E-state index is 12.2. The van der Waals surface area contributed by atoms with Gasteiger partial charge in [0.25, 0.3) is 5.91 Å². The highest BCUT2D eigenvalue weighted by Crippen LogP contribution is 2.49. The number of nitrogens with one attached hydrogen (secondary N) is 1. The summed E-state index contributed by atoms with van der Waals surface area (Å²) in [5.74, 6) is 1.20. The number of benzene rings is 1. The third-order valence-electron chi connectivity index (χ3n) is 4.07. The molecular formula is C16H16Cl2N2O2. The van der Waals surface area contributed by atoms with Crippen LogP contribution in [-0.2, 0) is 0 Å². The lowest BCUT2D eigenvalue weighted by molar-refractivity contribution is 0.0949. The van der Waals surface area contributed by atoms with Crippen LogP contribution in [0.5, 0.6) is 0 Å². The van der Waals surface area contributed by atoms with Gasteiger partial charge in [0, 0.05) is 16.6 Å². The number of hydrogen-bond donors (Lipinski definition) is 1. The predicted molar refractivity (Wildman–Crippen MR) is 85.6 cm³/mol. The van der Waals surface area contributed by atoms with Crippen LogP contribution in [-0.4, -0.2) is 17.6 Å². The quantitative estimate of drug-likeness (QED) is 0.911. The number of rotatable bonds is 4. The molecule has 0 aliphatic heterocycles. The highest BCUT2D eigenvalue weighted by atomic mass is 35.5. The number of carbonyl (C=O) groups is 1. The minimum absolute atomic E-state index is 0.135. The van der Waals surface area contributed by atoms with E-state index in [9.17, 15) is 4.79 Å². The second-order valence-electron chi connectivity index (χ2n) is 5.68. The Hall–Kier alpha value is -1.52. The lowest BCUT2D eigenvalue weighted by Crippen LogP contribution is -2.26. The normalized spacial score (nSPS) is 20.0. The Labute approximate surface area is 138 Å². The average molecular weight is 339 g/mol. The summed E-state index contributed by atoms with van der Waals surface area (Å²) < 4.78 is 5.02. The van der Waals surface area contributed by atoms with Gasteiger partial charge >= 0.3 is 0 Å². The van der Waals surface area contributed by atoms with Crippen molar-refractivity contribution in [2.45, 2.75) is 26.2 Å². The largest absolute Gasteiger partial charge is 0.361 e. The maximum atomic E-state index is 12.2. The number of hydrogen-bond acceptors (Lipinski definition) is 3. The predicted octanol–water partition coefficient (Wildman–Crippen LogP) is 4.13. The third kappa shape index (κ3) is 2.99. The van der Waals surface area contributed by atoms with Crippen molar-refractivity contribution in [3.05, 3.63) is 50.8 Å². The van der Waals surface area contributed by atoms with Crippen molar-refractivity contribution >= 4 is 29.1 Å². The molecule has 1 aliphatic rings. The highest BCUT2D eigenvalue weighted by molar-refractivity contribution is 6.35. The minimum Gasteiger partial charge on any atom is -0.361 e. The zero-order valence-electron chi connectivity index (χ0n) is 12.3. The molecule has 3 rings (SSSR count). The number of carbonyl (C=O) groups excluding carboxylic acids is 1. The molecule has 1 aliphatic carbocycles. The molecule has 6 heteroatoms. The Morgan fingerprint density at radius 1 is 1.41 bits per heavy atom. The van der Waals surface area contributed by atoms with Crippen molar-refractivity contribution in [3.63, 3.8) is 0 Å². The van der Waals surface area contributed by atoms with E-state index in [4.69, 9.17) is 27.7 Å². The van der Waals surface area contributed by atoms with Gasteiger partial charge in [-0.15, -0.1) is 0 Å². The molecule has 0 spiro atoms. The molecule has 116 valence electrons. The van der Waals surface area contributed by atoms with Gasteiger partial charge in [-0.3, -0.25) is 4.79 Å². The van der Waals surface area contributed by atoms with Gasteiger partial charge < -0.3 is 9.84 Å².